The van der Waals surface area contributed by atoms with Gasteiger partial charge >= 0.3 is 0 Å². The SMILES string of the molecule is NNC(=O)c1cccn(C2CCCCC2)c1=O. The van der Waals surface area contributed by atoms with Crippen molar-refractivity contribution >= 4 is 5.91 Å². The van der Waals surface area contributed by atoms with E-state index in [0.717, 1.165) is 25.7 Å². The van der Waals surface area contributed by atoms with E-state index in [0.29, 0.717) is 0 Å². The molecule has 0 saturated heterocycles. The van der Waals surface area contributed by atoms with Crippen molar-refractivity contribution < 1.29 is 4.79 Å². The van der Waals surface area contributed by atoms with Crippen molar-refractivity contribution in [1.29, 1.82) is 0 Å². The van der Waals surface area contributed by atoms with Crippen molar-refractivity contribution in [2.24, 2.45) is 5.84 Å². The Labute approximate surface area is 99.6 Å². The van der Waals surface area contributed by atoms with Gasteiger partial charge in [-0.2, -0.15) is 0 Å². The van der Waals surface area contributed by atoms with Crippen molar-refractivity contribution in [3.63, 3.8) is 0 Å². The third-order valence-corrected chi connectivity index (χ3v) is 3.32. The number of hydrazine groups is 1. The van der Waals surface area contributed by atoms with Crippen LogP contribution >= 0.6 is 0 Å². The van der Waals surface area contributed by atoms with E-state index >= 15 is 0 Å². The summed E-state index contributed by atoms with van der Waals surface area (Å²) in [6.45, 7) is 0. The van der Waals surface area contributed by atoms with E-state index in [-0.39, 0.29) is 17.2 Å². The summed E-state index contributed by atoms with van der Waals surface area (Å²) in [5.74, 6) is 4.53. The molecule has 92 valence electrons. The van der Waals surface area contributed by atoms with Gasteiger partial charge in [0, 0.05) is 12.2 Å². The third kappa shape index (κ3) is 2.39. The number of carbonyl (C=O) groups is 1. The van der Waals surface area contributed by atoms with Crippen LogP contribution in [0.5, 0.6) is 0 Å². The van der Waals surface area contributed by atoms with Gasteiger partial charge in [-0.05, 0) is 25.0 Å². The molecular formula is C12H17N3O2. The molecule has 0 radical (unpaired) electrons. The van der Waals surface area contributed by atoms with Crippen LogP contribution < -0.4 is 16.8 Å². The van der Waals surface area contributed by atoms with Gasteiger partial charge in [-0.3, -0.25) is 15.0 Å². The maximum atomic E-state index is 12.1. The molecule has 17 heavy (non-hydrogen) atoms. The molecule has 0 bridgehead atoms. The highest BCUT2D eigenvalue weighted by Crippen LogP contribution is 2.26. The summed E-state index contributed by atoms with van der Waals surface area (Å²) in [6, 6.07) is 3.45. The average molecular weight is 235 g/mol. The second kappa shape index (κ2) is 5.14. The van der Waals surface area contributed by atoms with E-state index < -0.39 is 5.91 Å². The molecule has 0 aromatic carbocycles. The zero-order valence-electron chi connectivity index (χ0n) is 9.69. The minimum atomic E-state index is -0.528. The normalized spacial score (nSPS) is 16.8. The quantitative estimate of drug-likeness (QED) is 0.455. The van der Waals surface area contributed by atoms with Crippen molar-refractivity contribution in [2.75, 3.05) is 0 Å². The molecule has 5 heteroatoms. The van der Waals surface area contributed by atoms with Gasteiger partial charge in [-0.25, -0.2) is 5.84 Å². The molecule has 2 rings (SSSR count). The van der Waals surface area contributed by atoms with E-state index in [4.69, 9.17) is 5.84 Å². The van der Waals surface area contributed by atoms with E-state index in [1.54, 1.807) is 16.8 Å². The molecule has 0 unspecified atom stereocenters. The standard InChI is InChI=1S/C12H17N3O2/c13-14-11(16)10-7-4-8-15(12(10)17)9-5-2-1-3-6-9/h4,7-9H,1-3,5-6,13H2,(H,14,16). The number of hydrogen-bond acceptors (Lipinski definition) is 3. The molecular weight excluding hydrogens is 218 g/mol. The van der Waals surface area contributed by atoms with Crippen molar-refractivity contribution in [3.8, 4) is 0 Å². The predicted octanol–water partition coefficient (Wildman–Crippen LogP) is 0.957. The molecule has 1 heterocycles. The molecule has 1 aliphatic carbocycles. The predicted molar refractivity (Wildman–Crippen MR) is 64.5 cm³/mol. The number of nitrogen functional groups attached to an aromatic ring is 1. The Hall–Kier alpha value is -1.62. The summed E-state index contributed by atoms with van der Waals surface area (Å²) in [5, 5.41) is 0. The summed E-state index contributed by atoms with van der Waals surface area (Å²) in [7, 11) is 0. The van der Waals surface area contributed by atoms with Gasteiger partial charge < -0.3 is 4.57 Å². The summed E-state index contributed by atoms with van der Waals surface area (Å²) >= 11 is 0. The number of nitrogens with two attached hydrogens (primary N) is 1. The van der Waals surface area contributed by atoms with Crippen LogP contribution in [0.15, 0.2) is 23.1 Å². The maximum absolute atomic E-state index is 12.1. The lowest BCUT2D eigenvalue weighted by Crippen LogP contribution is -2.37. The minimum Gasteiger partial charge on any atom is -0.312 e. The largest absolute Gasteiger partial charge is 0.312 e. The lowest BCUT2D eigenvalue weighted by Gasteiger charge is -2.24. The molecule has 1 amide bonds. The number of carbonyl (C=O) groups excluding carboxylic acids is 1. The zero-order chi connectivity index (χ0) is 12.3. The van der Waals surface area contributed by atoms with Crippen molar-refractivity contribution in [3.05, 3.63) is 34.2 Å². The molecule has 0 spiro atoms. The number of amides is 1. The first-order valence-corrected chi connectivity index (χ1v) is 5.96. The second-order valence-corrected chi connectivity index (χ2v) is 4.40. The van der Waals surface area contributed by atoms with Crippen LogP contribution in [0.2, 0.25) is 0 Å². The van der Waals surface area contributed by atoms with Crippen molar-refractivity contribution in [1.82, 2.24) is 9.99 Å². The number of hydrogen-bond donors (Lipinski definition) is 2. The zero-order valence-corrected chi connectivity index (χ0v) is 9.69. The van der Waals surface area contributed by atoms with Gasteiger partial charge in [0.15, 0.2) is 0 Å². The molecule has 5 nitrogen and oxygen atoms in total. The number of nitrogens with one attached hydrogen (secondary N) is 1. The van der Waals surface area contributed by atoms with Crippen molar-refractivity contribution in [2.45, 2.75) is 38.1 Å². The monoisotopic (exact) mass is 235 g/mol. The van der Waals surface area contributed by atoms with Gasteiger partial charge in [0.25, 0.3) is 11.5 Å². The summed E-state index contributed by atoms with van der Waals surface area (Å²) in [4.78, 5) is 23.5. The molecule has 3 N–H and O–H groups in total. The van der Waals surface area contributed by atoms with Crippen LogP contribution in [0, 0.1) is 0 Å². The smallest absolute Gasteiger partial charge is 0.270 e. The Morgan fingerprint density at radius 3 is 2.71 bits per heavy atom. The van der Waals surface area contributed by atoms with E-state index in [1.165, 1.54) is 12.5 Å². The van der Waals surface area contributed by atoms with Gasteiger partial charge in [-0.15, -0.1) is 0 Å². The second-order valence-electron chi connectivity index (χ2n) is 4.40. The summed E-state index contributed by atoms with van der Waals surface area (Å²) < 4.78 is 1.67. The Morgan fingerprint density at radius 1 is 1.35 bits per heavy atom. The lowest BCUT2D eigenvalue weighted by atomic mass is 9.95. The van der Waals surface area contributed by atoms with Crippen LogP contribution in [0.4, 0.5) is 0 Å². The molecule has 1 aromatic heterocycles. The molecule has 1 fully saturated rings. The Morgan fingerprint density at radius 2 is 2.06 bits per heavy atom. The molecule has 1 aliphatic rings. The molecule has 0 aliphatic heterocycles. The minimum absolute atomic E-state index is 0.112. The molecule has 1 saturated carbocycles. The first-order chi connectivity index (χ1) is 8.24. The molecule has 1 aromatic rings. The Balaban J connectivity index is 2.34. The third-order valence-electron chi connectivity index (χ3n) is 3.32. The fourth-order valence-corrected chi connectivity index (χ4v) is 2.41. The van der Waals surface area contributed by atoms with E-state index in [1.807, 2.05) is 5.43 Å². The van der Waals surface area contributed by atoms with Gasteiger partial charge in [-0.1, -0.05) is 19.3 Å². The molecule has 0 atom stereocenters. The number of pyridine rings is 1. The number of rotatable bonds is 2. The highest BCUT2D eigenvalue weighted by atomic mass is 16.2. The van der Waals surface area contributed by atoms with Gasteiger partial charge in [0.05, 0.1) is 0 Å². The maximum Gasteiger partial charge on any atom is 0.270 e. The Kier molecular flexibility index (Phi) is 3.58. The van der Waals surface area contributed by atoms with Crippen LogP contribution in [0.25, 0.3) is 0 Å². The summed E-state index contributed by atoms with van der Waals surface area (Å²) in [5.41, 5.74) is 1.86. The number of aromatic nitrogens is 1. The lowest BCUT2D eigenvalue weighted by molar-refractivity contribution is 0.0951. The fraction of sp³-hybridized carbons (Fsp3) is 0.500. The van der Waals surface area contributed by atoms with Crippen LogP contribution in [0.3, 0.4) is 0 Å². The summed E-state index contributed by atoms with van der Waals surface area (Å²) in [6.07, 6.45) is 7.29. The Bertz CT molecular complexity index is 461. The highest BCUT2D eigenvalue weighted by Gasteiger charge is 2.18. The number of nitrogens with zero attached hydrogens (tertiary/aromatic N) is 1. The van der Waals surface area contributed by atoms with Crippen LogP contribution in [0.1, 0.15) is 48.5 Å². The van der Waals surface area contributed by atoms with Crippen LogP contribution in [-0.4, -0.2) is 10.5 Å². The van der Waals surface area contributed by atoms with E-state index in [9.17, 15) is 9.59 Å². The highest BCUT2D eigenvalue weighted by molar-refractivity contribution is 5.93. The fourth-order valence-electron chi connectivity index (χ4n) is 2.41. The topological polar surface area (TPSA) is 77.1 Å². The van der Waals surface area contributed by atoms with E-state index in [2.05, 4.69) is 0 Å². The first-order valence-electron chi connectivity index (χ1n) is 5.96. The van der Waals surface area contributed by atoms with Gasteiger partial charge in [0.2, 0.25) is 0 Å². The van der Waals surface area contributed by atoms with Gasteiger partial charge in [0.1, 0.15) is 5.56 Å². The average Bonchev–Trinajstić information content (AvgIpc) is 2.39. The van der Waals surface area contributed by atoms with Crippen LogP contribution in [-0.2, 0) is 0 Å². The first kappa shape index (κ1) is 11.9.